The van der Waals surface area contributed by atoms with Gasteiger partial charge >= 0.3 is 0 Å². The van der Waals surface area contributed by atoms with Crippen molar-refractivity contribution in [3.05, 3.63) is 0 Å². The zero-order valence-electron chi connectivity index (χ0n) is 11.0. The van der Waals surface area contributed by atoms with Crippen molar-refractivity contribution in [1.29, 1.82) is 0 Å². The molecule has 1 saturated carbocycles. The van der Waals surface area contributed by atoms with Crippen molar-refractivity contribution >= 4 is 10.1 Å². The van der Waals surface area contributed by atoms with Crippen LogP contribution in [0.25, 0.3) is 0 Å². The molecule has 2 N–H and O–H groups in total. The van der Waals surface area contributed by atoms with Crippen LogP contribution in [0.5, 0.6) is 0 Å². The first kappa shape index (κ1) is 14.9. The average molecular weight is 263 g/mol. The first-order chi connectivity index (χ1) is 7.79. The van der Waals surface area contributed by atoms with Crippen molar-refractivity contribution in [2.24, 2.45) is 11.8 Å². The highest BCUT2D eigenvalue weighted by molar-refractivity contribution is 7.85. The van der Waals surface area contributed by atoms with E-state index in [1.165, 1.54) is 19.3 Å². The highest BCUT2D eigenvalue weighted by Gasteiger charge is 2.27. The fraction of sp³-hybridized carbons (Fsp3) is 1.00. The topological polar surface area (TPSA) is 66.4 Å². The molecular formula is C12H25NO3S. The number of rotatable bonds is 5. The number of hydrogen-bond acceptors (Lipinski definition) is 3. The van der Waals surface area contributed by atoms with Gasteiger partial charge in [0, 0.05) is 12.1 Å². The predicted molar refractivity (Wildman–Crippen MR) is 69.6 cm³/mol. The standard InChI is InChI=1S/C12H25NO3S/c1-9-5-4-6-12(11(9)3)13-10(2)7-8-17(14,15)16/h9-13H,4-8H2,1-3H3,(H,14,15,16). The molecule has 1 aliphatic carbocycles. The van der Waals surface area contributed by atoms with Gasteiger partial charge in [0.2, 0.25) is 0 Å². The van der Waals surface area contributed by atoms with E-state index in [1.807, 2.05) is 6.92 Å². The highest BCUT2D eigenvalue weighted by atomic mass is 32.2. The van der Waals surface area contributed by atoms with Gasteiger partial charge in [-0.3, -0.25) is 4.55 Å². The van der Waals surface area contributed by atoms with Crippen LogP contribution in [0.3, 0.4) is 0 Å². The molecule has 4 nitrogen and oxygen atoms in total. The summed E-state index contributed by atoms with van der Waals surface area (Å²) in [6.07, 6.45) is 4.17. The Labute approximate surface area is 105 Å². The Morgan fingerprint density at radius 3 is 2.59 bits per heavy atom. The SMILES string of the molecule is CC(CCS(=O)(=O)O)NC1CCCC(C)C1C. The van der Waals surface area contributed by atoms with Gasteiger partial charge in [0.25, 0.3) is 10.1 Å². The van der Waals surface area contributed by atoms with Gasteiger partial charge in [0.05, 0.1) is 5.75 Å². The zero-order chi connectivity index (χ0) is 13.1. The van der Waals surface area contributed by atoms with Gasteiger partial charge in [-0.25, -0.2) is 0 Å². The third-order valence-corrected chi connectivity index (χ3v) is 4.77. The third-order valence-electron chi connectivity index (χ3n) is 4.01. The normalized spacial score (nSPS) is 32.4. The van der Waals surface area contributed by atoms with Crippen LogP contribution in [-0.4, -0.2) is 30.8 Å². The van der Waals surface area contributed by atoms with Crippen molar-refractivity contribution in [3.8, 4) is 0 Å². The molecule has 0 saturated heterocycles. The molecule has 5 heteroatoms. The van der Waals surface area contributed by atoms with Crippen molar-refractivity contribution < 1.29 is 13.0 Å². The van der Waals surface area contributed by atoms with Gasteiger partial charge in [-0.1, -0.05) is 26.7 Å². The first-order valence-electron chi connectivity index (χ1n) is 6.51. The smallest absolute Gasteiger partial charge is 0.264 e. The lowest BCUT2D eigenvalue weighted by Crippen LogP contribution is -2.45. The average Bonchev–Trinajstić information content (AvgIpc) is 2.21. The summed E-state index contributed by atoms with van der Waals surface area (Å²) in [6.45, 7) is 6.52. The monoisotopic (exact) mass is 263 g/mol. The summed E-state index contributed by atoms with van der Waals surface area (Å²) in [4.78, 5) is 0. The summed E-state index contributed by atoms with van der Waals surface area (Å²) in [5, 5.41) is 3.50. The van der Waals surface area contributed by atoms with Gasteiger partial charge in [0.1, 0.15) is 0 Å². The summed E-state index contributed by atoms with van der Waals surface area (Å²) >= 11 is 0. The molecule has 0 aliphatic heterocycles. The Bertz CT molecular complexity index is 329. The van der Waals surface area contributed by atoms with Crippen LogP contribution >= 0.6 is 0 Å². The van der Waals surface area contributed by atoms with Gasteiger partial charge in [-0.05, 0) is 31.6 Å². The Hall–Kier alpha value is -0.130. The van der Waals surface area contributed by atoms with Crippen LogP contribution < -0.4 is 5.32 Å². The van der Waals surface area contributed by atoms with Crippen molar-refractivity contribution in [2.45, 2.75) is 58.5 Å². The van der Waals surface area contributed by atoms with Crippen molar-refractivity contribution in [1.82, 2.24) is 5.32 Å². The van der Waals surface area contributed by atoms with Gasteiger partial charge < -0.3 is 5.32 Å². The van der Waals surface area contributed by atoms with Crippen LogP contribution in [0.15, 0.2) is 0 Å². The van der Waals surface area contributed by atoms with Crippen LogP contribution in [0.4, 0.5) is 0 Å². The maximum atomic E-state index is 10.7. The fourth-order valence-corrected chi connectivity index (χ4v) is 3.24. The van der Waals surface area contributed by atoms with E-state index in [2.05, 4.69) is 19.2 Å². The van der Waals surface area contributed by atoms with Gasteiger partial charge in [0.15, 0.2) is 0 Å². The molecule has 0 aromatic carbocycles. The Morgan fingerprint density at radius 1 is 1.35 bits per heavy atom. The minimum atomic E-state index is -3.82. The highest BCUT2D eigenvalue weighted by Crippen LogP contribution is 2.29. The quantitative estimate of drug-likeness (QED) is 0.745. The molecule has 4 atom stereocenters. The maximum absolute atomic E-state index is 10.7. The van der Waals surface area contributed by atoms with E-state index < -0.39 is 10.1 Å². The maximum Gasteiger partial charge on any atom is 0.264 e. The van der Waals surface area contributed by atoms with Crippen molar-refractivity contribution in [2.75, 3.05) is 5.75 Å². The molecule has 1 fully saturated rings. The van der Waals surface area contributed by atoms with E-state index in [0.717, 1.165) is 5.92 Å². The van der Waals surface area contributed by atoms with E-state index >= 15 is 0 Å². The molecule has 1 rings (SSSR count). The first-order valence-corrected chi connectivity index (χ1v) is 8.11. The second kappa shape index (κ2) is 6.16. The minimum Gasteiger partial charge on any atom is -0.311 e. The number of nitrogens with one attached hydrogen (secondary N) is 1. The molecular weight excluding hydrogens is 238 g/mol. The molecule has 0 aromatic rings. The molecule has 4 unspecified atom stereocenters. The summed E-state index contributed by atoms with van der Waals surface area (Å²) in [5.41, 5.74) is 0. The van der Waals surface area contributed by atoms with Crippen LogP contribution in [0.1, 0.15) is 46.5 Å². The Balaban J connectivity index is 2.37. The second-order valence-electron chi connectivity index (χ2n) is 5.52. The zero-order valence-corrected chi connectivity index (χ0v) is 11.8. The van der Waals surface area contributed by atoms with Crippen LogP contribution in [0.2, 0.25) is 0 Å². The summed E-state index contributed by atoms with van der Waals surface area (Å²) < 4.78 is 30.1. The van der Waals surface area contributed by atoms with E-state index in [0.29, 0.717) is 18.4 Å². The lowest BCUT2D eigenvalue weighted by molar-refractivity contribution is 0.195. The largest absolute Gasteiger partial charge is 0.311 e. The van der Waals surface area contributed by atoms with E-state index in [1.54, 1.807) is 0 Å². The minimum absolute atomic E-state index is 0.134. The lowest BCUT2D eigenvalue weighted by atomic mass is 9.78. The molecule has 0 radical (unpaired) electrons. The Kier molecular flexibility index (Phi) is 5.41. The fourth-order valence-electron chi connectivity index (χ4n) is 2.59. The Morgan fingerprint density at radius 2 is 2.00 bits per heavy atom. The van der Waals surface area contributed by atoms with Gasteiger partial charge in [-0.2, -0.15) is 8.42 Å². The van der Waals surface area contributed by atoms with Crippen LogP contribution in [-0.2, 0) is 10.1 Å². The van der Waals surface area contributed by atoms with E-state index in [4.69, 9.17) is 4.55 Å². The van der Waals surface area contributed by atoms with Crippen LogP contribution in [0, 0.1) is 11.8 Å². The molecule has 1 aliphatic rings. The molecule has 17 heavy (non-hydrogen) atoms. The second-order valence-corrected chi connectivity index (χ2v) is 7.09. The molecule has 0 bridgehead atoms. The predicted octanol–water partition coefficient (Wildman–Crippen LogP) is 2.07. The molecule has 0 amide bonds. The molecule has 0 spiro atoms. The van der Waals surface area contributed by atoms with E-state index in [9.17, 15) is 8.42 Å². The summed E-state index contributed by atoms with van der Waals surface area (Å²) in [6, 6.07) is 0.616. The lowest BCUT2D eigenvalue weighted by Gasteiger charge is -2.36. The number of hydrogen-bond donors (Lipinski definition) is 2. The molecule has 102 valence electrons. The van der Waals surface area contributed by atoms with Gasteiger partial charge in [-0.15, -0.1) is 0 Å². The molecule has 0 aromatic heterocycles. The molecule has 0 heterocycles. The third kappa shape index (κ3) is 5.36. The summed E-state index contributed by atoms with van der Waals surface area (Å²) in [5.74, 6) is 1.21. The van der Waals surface area contributed by atoms with E-state index in [-0.39, 0.29) is 11.8 Å². The summed E-state index contributed by atoms with van der Waals surface area (Å²) in [7, 11) is -3.82. The van der Waals surface area contributed by atoms with Crippen molar-refractivity contribution in [3.63, 3.8) is 0 Å².